The second-order valence-electron chi connectivity index (χ2n) is 16.1. The van der Waals surface area contributed by atoms with Gasteiger partial charge in [-0.3, -0.25) is 19.2 Å². The van der Waals surface area contributed by atoms with Gasteiger partial charge >= 0.3 is 11.9 Å². The van der Waals surface area contributed by atoms with Crippen LogP contribution in [0.5, 0.6) is 34.5 Å². The standard InChI is InChI=1S/C50H48Cl2O16/c1-57-41-19-27(39-23-37(53)33-7-6-8-35(51)45(33)67-39)21-43(47(41)59-3)65-12-10-63-32-17-30(18-32)50(56)66-25-26-13-34-38(54)24-40(68-46(34)36(52)14-26)28-20-42(58-2)48(60-4)44(22-28)64-11-9-62-31-15-29(16-31)49(55)61-5/h6-8,13-14,19-24,29-32H,9-12,15-18,25H2,1-5H3/t29-,30-,31-,32+. The normalized spacial score (nSPS) is 17.5. The van der Waals surface area contributed by atoms with Gasteiger partial charge in [0.15, 0.2) is 45.0 Å². The van der Waals surface area contributed by atoms with Crippen LogP contribution < -0.4 is 39.3 Å². The van der Waals surface area contributed by atoms with Gasteiger partial charge in [-0.05, 0) is 79.8 Å². The van der Waals surface area contributed by atoms with Gasteiger partial charge in [-0.2, -0.15) is 0 Å². The number of benzene rings is 4. The molecule has 2 fully saturated rings. The monoisotopic (exact) mass is 974 g/mol. The van der Waals surface area contributed by atoms with Crippen molar-refractivity contribution in [2.75, 3.05) is 62.0 Å². The van der Waals surface area contributed by atoms with E-state index >= 15 is 0 Å². The summed E-state index contributed by atoms with van der Waals surface area (Å²) in [6.45, 7) is 0.677. The smallest absolute Gasteiger partial charge is 0.309 e. The molecule has 2 saturated carbocycles. The number of rotatable bonds is 20. The molecule has 0 bridgehead atoms. The number of para-hydroxylation sites is 1. The van der Waals surface area contributed by atoms with Gasteiger partial charge in [0.05, 0.1) is 93.6 Å². The zero-order valence-electron chi connectivity index (χ0n) is 37.8. The first-order valence-corrected chi connectivity index (χ1v) is 22.4. The molecule has 6 aromatic rings. The van der Waals surface area contributed by atoms with E-state index in [0.717, 1.165) is 0 Å². The first kappa shape index (κ1) is 48.0. The fourth-order valence-corrected chi connectivity index (χ4v) is 8.59. The van der Waals surface area contributed by atoms with E-state index in [0.29, 0.717) is 87.3 Å². The van der Waals surface area contributed by atoms with Gasteiger partial charge in [0.25, 0.3) is 0 Å². The number of esters is 2. The molecule has 68 heavy (non-hydrogen) atoms. The quantitative estimate of drug-likeness (QED) is 0.0521. The molecule has 0 radical (unpaired) electrons. The van der Waals surface area contributed by atoms with Crippen LogP contribution in [0.1, 0.15) is 31.2 Å². The summed E-state index contributed by atoms with van der Waals surface area (Å²) in [6, 6.07) is 17.5. The van der Waals surface area contributed by atoms with Crippen molar-refractivity contribution in [1.29, 1.82) is 0 Å². The van der Waals surface area contributed by atoms with Crippen LogP contribution in [-0.2, 0) is 35.1 Å². The van der Waals surface area contributed by atoms with Crippen LogP contribution in [0, 0.1) is 11.8 Å². The van der Waals surface area contributed by atoms with Crippen molar-refractivity contribution in [1.82, 2.24) is 0 Å². The fraction of sp³-hybridized carbons (Fsp3) is 0.360. The average molecular weight is 976 g/mol. The van der Waals surface area contributed by atoms with E-state index in [4.69, 9.17) is 79.4 Å². The number of fused-ring (bicyclic) bond motifs is 2. The summed E-state index contributed by atoms with van der Waals surface area (Å²) in [5, 5.41) is 1.03. The molecular weight excluding hydrogens is 927 g/mol. The van der Waals surface area contributed by atoms with Gasteiger partial charge in [-0.15, -0.1) is 0 Å². The number of halogens is 2. The van der Waals surface area contributed by atoms with Crippen molar-refractivity contribution < 1.29 is 65.8 Å². The largest absolute Gasteiger partial charge is 0.493 e. The highest BCUT2D eigenvalue weighted by Gasteiger charge is 2.37. The van der Waals surface area contributed by atoms with Crippen LogP contribution in [0.2, 0.25) is 10.0 Å². The zero-order valence-corrected chi connectivity index (χ0v) is 39.3. The molecule has 0 aliphatic heterocycles. The molecule has 2 aromatic heterocycles. The van der Waals surface area contributed by atoms with Gasteiger partial charge in [-0.25, -0.2) is 0 Å². The van der Waals surface area contributed by atoms with E-state index in [1.54, 1.807) is 54.6 Å². The van der Waals surface area contributed by atoms with E-state index < -0.39 is 5.97 Å². The molecule has 2 aliphatic carbocycles. The molecule has 18 heteroatoms. The van der Waals surface area contributed by atoms with E-state index in [-0.39, 0.29) is 107 Å². The molecular formula is C50H48Cl2O16. The first-order chi connectivity index (χ1) is 32.9. The fourth-order valence-electron chi connectivity index (χ4n) is 8.10. The molecule has 2 aliphatic rings. The molecule has 0 saturated heterocycles. The lowest BCUT2D eigenvalue weighted by Gasteiger charge is -2.33. The highest BCUT2D eigenvalue weighted by molar-refractivity contribution is 6.35. The summed E-state index contributed by atoms with van der Waals surface area (Å²) < 4.78 is 68.8. The predicted octanol–water partition coefficient (Wildman–Crippen LogP) is 8.84. The van der Waals surface area contributed by atoms with Gasteiger partial charge in [0.1, 0.15) is 31.3 Å². The Kier molecular flexibility index (Phi) is 15.0. The number of hydrogen-bond acceptors (Lipinski definition) is 16. The van der Waals surface area contributed by atoms with E-state index in [9.17, 15) is 19.2 Å². The van der Waals surface area contributed by atoms with Crippen molar-refractivity contribution in [3.8, 4) is 57.1 Å². The van der Waals surface area contributed by atoms with E-state index in [1.165, 1.54) is 47.7 Å². The molecule has 0 spiro atoms. The minimum atomic E-state index is -0.400. The Morgan fingerprint density at radius 2 is 1.07 bits per heavy atom. The molecule has 0 N–H and O–H groups in total. The van der Waals surface area contributed by atoms with Crippen molar-refractivity contribution in [3.63, 3.8) is 0 Å². The number of carbonyl (C=O) groups is 2. The Hall–Kier alpha value is -6.46. The van der Waals surface area contributed by atoms with Crippen molar-refractivity contribution in [2.24, 2.45) is 11.8 Å². The van der Waals surface area contributed by atoms with Crippen LogP contribution in [0.3, 0.4) is 0 Å². The summed E-state index contributed by atoms with van der Waals surface area (Å²) in [6.07, 6.45) is 1.85. The lowest BCUT2D eigenvalue weighted by Crippen LogP contribution is -2.38. The maximum Gasteiger partial charge on any atom is 0.309 e. The Labute approximate surface area is 399 Å². The summed E-state index contributed by atoms with van der Waals surface area (Å²) in [5.74, 6) is 1.38. The molecule has 358 valence electrons. The van der Waals surface area contributed by atoms with Crippen LogP contribution in [0.4, 0.5) is 0 Å². The van der Waals surface area contributed by atoms with Crippen molar-refractivity contribution in [2.45, 2.75) is 44.5 Å². The van der Waals surface area contributed by atoms with Crippen LogP contribution in [-0.4, -0.2) is 86.1 Å². The molecule has 0 unspecified atom stereocenters. The van der Waals surface area contributed by atoms with E-state index in [2.05, 4.69) is 0 Å². The molecule has 0 atom stereocenters. The number of carbonyl (C=O) groups excluding carboxylic acids is 2. The molecule has 4 aromatic carbocycles. The molecule has 2 heterocycles. The lowest BCUT2D eigenvalue weighted by molar-refractivity contribution is -0.159. The number of methoxy groups -OCH3 is 5. The van der Waals surface area contributed by atoms with Crippen molar-refractivity contribution in [3.05, 3.63) is 103 Å². The van der Waals surface area contributed by atoms with Crippen molar-refractivity contribution >= 4 is 57.1 Å². The Morgan fingerprint density at radius 1 is 0.574 bits per heavy atom. The highest BCUT2D eigenvalue weighted by atomic mass is 35.5. The topological polar surface area (TPSA) is 187 Å². The third kappa shape index (κ3) is 10.3. The molecule has 8 rings (SSSR count). The Balaban J connectivity index is 0.837. The molecule has 16 nitrogen and oxygen atoms in total. The second kappa shape index (κ2) is 21.2. The first-order valence-electron chi connectivity index (χ1n) is 21.7. The molecule has 0 amide bonds. The summed E-state index contributed by atoms with van der Waals surface area (Å²) >= 11 is 13.0. The maximum atomic E-state index is 13.5. The summed E-state index contributed by atoms with van der Waals surface area (Å²) in [4.78, 5) is 51.2. The number of hydrogen-bond donors (Lipinski definition) is 0. The van der Waals surface area contributed by atoms with Gasteiger partial charge in [-0.1, -0.05) is 29.3 Å². The minimum Gasteiger partial charge on any atom is -0.493 e. The second-order valence-corrected chi connectivity index (χ2v) is 16.9. The number of ether oxygens (including phenoxy) is 10. The van der Waals surface area contributed by atoms with Gasteiger partial charge in [0, 0.05) is 23.3 Å². The maximum absolute atomic E-state index is 13.5. The van der Waals surface area contributed by atoms with Crippen LogP contribution in [0.15, 0.2) is 85.2 Å². The highest BCUT2D eigenvalue weighted by Crippen LogP contribution is 2.44. The Bertz CT molecular complexity index is 2950. The van der Waals surface area contributed by atoms with Crippen LogP contribution >= 0.6 is 23.2 Å². The lowest BCUT2D eigenvalue weighted by atomic mass is 9.82. The van der Waals surface area contributed by atoms with E-state index in [1.807, 2.05) is 0 Å². The Morgan fingerprint density at radius 3 is 1.59 bits per heavy atom. The summed E-state index contributed by atoms with van der Waals surface area (Å²) in [7, 11) is 7.31. The SMILES string of the molecule is COc1cc(-c2cc(=O)c3cc(COC(=O)[C@H]4C[C@@H](OCCOc5cc(-c6cc(=O)c7cccc(Cl)c7o6)cc(OC)c5OC)C4)cc(Cl)c3o2)cc(OCCO[C@H]2C[C@H](C(=O)OC)C2)c1OC. The third-order valence-corrected chi connectivity index (χ3v) is 12.4. The van der Waals surface area contributed by atoms with Gasteiger partial charge < -0.3 is 56.2 Å². The van der Waals surface area contributed by atoms with Gasteiger partial charge in [0.2, 0.25) is 11.5 Å². The third-order valence-electron chi connectivity index (χ3n) is 11.8. The minimum absolute atomic E-state index is 0.0567. The average Bonchev–Trinajstić information content (AvgIpc) is 3.31. The van der Waals surface area contributed by atoms with Crippen LogP contribution in [0.25, 0.3) is 44.6 Å². The zero-order chi connectivity index (χ0) is 48.1. The predicted molar refractivity (Wildman–Crippen MR) is 250 cm³/mol. The summed E-state index contributed by atoms with van der Waals surface area (Å²) in [5.41, 5.74) is 1.28.